The van der Waals surface area contributed by atoms with Crippen LogP contribution in [0.15, 0.2) is 18.3 Å². The van der Waals surface area contributed by atoms with E-state index in [2.05, 4.69) is 18.0 Å². The number of rotatable bonds is 5. The van der Waals surface area contributed by atoms with Gasteiger partial charge in [-0.05, 0) is 24.0 Å². The van der Waals surface area contributed by atoms with Crippen LogP contribution in [0.1, 0.15) is 63.1 Å². The van der Waals surface area contributed by atoms with E-state index in [1.807, 2.05) is 12.3 Å². The lowest BCUT2D eigenvalue weighted by Crippen LogP contribution is -2.11. The second kappa shape index (κ2) is 7.42. The summed E-state index contributed by atoms with van der Waals surface area (Å²) in [5, 5.41) is 0. The molecule has 0 aliphatic heterocycles. The smallest absolute Gasteiger partial charge is 0.139 e. The van der Waals surface area contributed by atoms with Crippen LogP contribution in [0.2, 0.25) is 0 Å². The first-order valence-electron chi connectivity index (χ1n) is 7.73. The Bertz CT molecular complexity index is 388. The zero-order valence-electron chi connectivity index (χ0n) is 12.0. The van der Waals surface area contributed by atoms with Crippen LogP contribution in [0.25, 0.3) is 0 Å². The molecule has 0 amide bonds. The predicted octanol–water partition coefficient (Wildman–Crippen LogP) is 4.12. The molecule has 1 aliphatic carbocycles. The van der Waals surface area contributed by atoms with Crippen molar-refractivity contribution in [2.45, 2.75) is 64.7 Å². The van der Waals surface area contributed by atoms with E-state index in [4.69, 9.17) is 0 Å². The molecule has 104 valence electrons. The molecule has 0 N–H and O–H groups in total. The highest BCUT2D eigenvalue weighted by atomic mass is 16.1. The van der Waals surface area contributed by atoms with Crippen LogP contribution >= 0.6 is 0 Å². The van der Waals surface area contributed by atoms with Gasteiger partial charge in [0.05, 0.1) is 0 Å². The first-order chi connectivity index (χ1) is 9.28. The van der Waals surface area contributed by atoms with Crippen LogP contribution in [0.4, 0.5) is 0 Å². The minimum Gasteiger partial charge on any atom is -0.299 e. The van der Waals surface area contributed by atoms with Gasteiger partial charge in [0, 0.05) is 24.7 Å². The van der Waals surface area contributed by atoms with Crippen molar-refractivity contribution in [2.24, 2.45) is 5.92 Å². The normalized spacial score (nSPS) is 17.1. The molecule has 19 heavy (non-hydrogen) atoms. The molecule has 2 nitrogen and oxygen atoms in total. The number of Topliss-reactive ketones (excluding diaryl/α,β-unsaturated/α-hetero) is 1. The lowest BCUT2D eigenvalue weighted by atomic mass is 9.93. The highest BCUT2D eigenvalue weighted by Gasteiger charge is 2.16. The maximum absolute atomic E-state index is 12.1. The topological polar surface area (TPSA) is 30.0 Å². The van der Waals surface area contributed by atoms with Gasteiger partial charge in [0.2, 0.25) is 0 Å². The van der Waals surface area contributed by atoms with Crippen molar-refractivity contribution >= 4 is 5.78 Å². The summed E-state index contributed by atoms with van der Waals surface area (Å²) in [6.07, 6.45) is 12.0. The van der Waals surface area contributed by atoms with Crippen molar-refractivity contribution in [2.75, 3.05) is 0 Å². The van der Waals surface area contributed by atoms with E-state index in [1.54, 1.807) is 0 Å². The van der Waals surface area contributed by atoms with Gasteiger partial charge in [0.25, 0.3) is 0 Å². The molecule has 2 heteroatoms. The highest BCUT2D eigenvalue weighted by molar-refractivity contribution is 5.80. The third-order valence-corrected chi connectivity index (χ3v) is 4.16. The van der Waals surface area contributed by atoms with Gasteiger partial charge in [-0.3, -0.25) is 9.78 Å². The van der Waals surface area contributed by atoms with E-state index in [1.165, 1.54) is 44.1 Å². The Labute approximate surface area is 116 Å². The molecule has 0 atom stereocenters. The Morgan fingerprint density at radius 1 is 1.21 bits per heavy atom. The van der Waals surface area contributed by atoms with Crippen molar-refractivity contribution in [1.82, 2.24) is 4.98 Å². The standard InChI is InChI=1S/C17H25NO/c1-2-14-9-10-16(18-13-14)12-17(19)11-15-7-5-3-4-6-8-15/h9-10,13,15H,2-8,11-12H2,1H3. The molecule has 0 unspecified atom stereocenters. The Kier molecular flexibility index (Phi) is 5.56. The molecule has 1 aromatic heterocycles. The minimum atomic E-state index is 0.364. The summed E-state index contributed by atoms with van der Waals surface area (Å²) in [7, 11) is 0. The molecule has 0 radical (unpaired) electrons. The fourth-order valence-corrected chi connectivity index (χ4v) is 2.93. The van der Waals surface area contributed by atoms with Gasteiger partial charge in [-0.25, -0.2) is 0 Å². The van der Waals surface area contributed by atoms with E-state index in [0.717, 1.165) is 18.5 Å². The predicted molar refractivity (Wildman–Crippen MR) is 78.1 cm³/mol. The van der Waals surface area contributed by atoms with Crippen LogP contribution in [-0.2, 0) is 17.6 Å². The van der Waals surface area contributed by atoms with Crippen LogP contribution < -0.4 is 0 Å². The maximum atomic E-state index is 12.1. The van der Waals surface area contributed by atoms with Gasteiger partial charge < -0.3 is 0 Å². The van der Waals surface area contributed by atoms with Crippen molar-refractivity contribution in [3.63, 3.8) is 0 Å². The first-order valence-corrected chi connectivity index (χ1v) is 7.73. The zero-order valence-corrected chi connectivity index (χ0v) is 12.0. The lowest BCUT2D eigenvalue weighted by Gasteiger charge is -2.12. The monoisotopic (exact) mass is 259 g/mol. The van der Waals surface area contributed by atoms with Crippen LogP contribution in [0.3, 0.4) is 0 Å². The molecule has 0 saturated heterocycles. The van der Waals surface area contributed by atoms with Crippen LogP contribution in [-0.4, -0.2) is 10.8 Å². The third kappa shape index (κ3) is 4.77. The molecule has 0 aromatic carbocycles. The van der Waals surface area contributed by atoms with E-state index in [9.17, 15) is 4.79 Å². The second-order valence-corrected chi connectivity index (χ2v) is 5.79. The van der Waals surface area contributed by atoms with E-state index in [-0.39, 0.29) is 0 Å². The highest BCUT2D eigenvalue weighted by Crippen LogP contribution is 2.25. The summed E-state index contributed by atoms with van der Waals surface area (Å²) in [5.41, 5.74) is 2.16. The number of pyridine rings is 1. The minimum absolute atomic E-state index is 0.364. The number of nitrogens with zero attached hydrogens (tertiary/aromatic N) is 1. The molecular formula is C17H25NO. The van der Waals surface area contributed by atoms with Crippen LogP contribution in [0.5, 0.6) is 0 Å². The molecular weight excluding hydrogens is 234 g/mol. The third-order valence-electron chi connectivity index (χ3n) is 4.16. The van der Waals surface area contributed by atoms with E-state index < -0.39 is 0 Å². The van der Waals surface area contributed by atoms with Gasteiger partial charge in [0.1, 0.15) is 5.78 Å². The number of carbonyl (C=O) groups is 1. The van der Waals surface area contributed by atoms with Crippen molar-refractivity contribution in [3.05, 3.63) is 29.6 Å². The Morgan fingerprint density at radius 3 is 2.53 bits per heavy atom. The quantitative estimate of drug-likeness (QED) is 0.745. The van der Waals surface area contributed by atoms with E-state index >= 15 is 0 Å². The van der Waals surface area contributed by atoms with Gasteiger partial charge >= 0.3 is 0 Å². The Morgan fingerprint density at radius 2 is 1.95 bits per heavy atom. The summed E-state index contributed by atoms with van der Waals surface area (Å²) in [4.78, 5) is 16.5. The largest absolute Gasteiger partial charge is 0.299 e. The van der Waals surface area contributed by atoms with Crippen LogP contribution in [0, 0.1) is 5.92 Å². The zero-order chi connectivity index (χ0) is 13.5. The second-order valence-electron chi connectivity index (χ2n) is 5.79. The average Bonchev–Trinajstić information content (AvgIpc) is 2.68. The number of hydrogen-bond donors (Lipinski definition) is 0. The Hall–Kier alpha value is -1.18. The fraction of sp³-hybridized carbons (Fsp3) is 0.647. The van der Waals surface area contributed by atoms with Gasteiger partial charge in [-0.15, -0.1) is 0 Å². The molecule has 0 spiro atoms. The van der Waals surface area contributed by atoms with Crippen molar-refractivity contribution in [1.29, 1.82) is 0 Å². The average molecular weight is 259 g/mol. The van der Waals surface area contributed by atoms with Crippen molar-refractivity contribution in [3.8, 4) is 0 Å². The molecule has 1 saturated carbocycles. The fourth-order valence-electron chi connectivity index (χ4n) is 2.93. The van der Waals surface area contributed by atoms with Gasteiger partial charge in [-0.2, -0.15) is 0 Å². The molecule has 1 fully saturated rings. The number of hydrogen-bond acceptors (Lipinski definition) is 2. The molecule has 1 aromatic rings. The number of carbonyl (C=O) groups excluding carboxylic acids is 1. The molecule has 1 heterocycles. The summed E-state index contributed by atoms with van der Waals surface area (Å²) >= 11 is 0. The van der Waals surface area contributed by atoms with Crippen molar-refractivity contribution < 1.29 is 4.79 Å². The van der Waals surface area contributed by atoms with Gasteiger partial charge in [-0.1, -0.05) is 51.5 Å². The maximum Gasteiger partial charge on any atom is 0.139 e. The number of aromatic nitrogens is 1. The molecule has 1 aliphatic rings. The number of ketones is 1. The summed E-state index contributed by atoms with van der Waals surface area (Å²) < 4.78 is 0. The first kappa shape index (κ1) is 14.2. The molecule has 2 rings (SSSR count). The molecule has 0 bridgehead atoms. The lowest BCUT2D eigenvalue weighted by molar-refractivity contribution is -0.119. The summed E-state index contributed by atoms with van der Waals surface area (Å²) in [5.74, 6) is 0.994. The summed E-state index contributed by atoms with van der Waals surface area (Å²) in [6, 6.07) is 4.09. The van der Waals surface area contributed by atoms with E-state index in [0.29, 0.717) is 18.1 Å². The Balaban J connectivity index is 1.82. The number of aryl methyl sites for hydroxylation is 1. The SMILES string of the molecule is CCc1ccc(CC(=O)CC2CCCCCC2)nc1. The summed E-state index contributed by atoms with van der Waals surface area (Å²) in [6.45, 7) is 2.12. The van der Waals surface area contributed by atoms with Gasteiger partial charge in [0.15, 0.2) is 0 Å².